The van der Waals surface area contributed by atoms with Crippen LogP contribution < -0.4 is 5.32 Å². The molecule has 0 saturated carbocycles. The highest BCUT2D eigenvalue weighted by Gasteiger charge is 2.34. The number of amides is 2. The molecule has 0 spiro atoms. The first-order valence-corrected chi connectivity index (χ1v) is 7.76. The molecule has 1 atom stereocenters. The highest BCUT2D eigenvalue weighted by atomic mass is 79.9. The van der Waals surface area contributed by atoms with E-state index in [0.29, 0.717) is 31.7 Å². The van der Waals surface area contributed by atoms with E-state index in [0.717, 1.165) is 10.9 Å². The molecule has 0 aromatic heterocycles. The molecular formula is C15H19BrN2O3. The first kappa shape index (κ1) is 16.0. The van der Waals surface area contributed by atoms with Crippen LogP contribution in [0.25, 0.3) is 0 Å². The van der Waals surface area contributed by atoms with Gasteiger partial charge in [0.1, 0.15) is 6.04 Å². The molecule has 1 aliphatic heterocycles. The summed E-state index contributed by atoms with van der Waals surface area (Å²) >= 11 is 3.35. The van der Waals surface area contributed by atoms with E-state index in [9.17, 15) is 9.59 Å². The number of ether oxygens (including phenoxy) is 1. The van der Waals surface area contributed by atoms with E-state index >= 15 is 0 Å². The van der Waals surface area contributed by atoms with E-state index in [1.54, 1.807) is 24.1 Å². The average Bonchev–Trinajstić information content (AvgIpc) is 2.97. The summed E-state index contributed by atoms with van der Waals surface area (Å²) in [6.07, 6.45) is 1.56. The van der Waals surface area contributed by atoms with E-state index in [1.165, 1.54) is 0 Å². The SMILES string of the molecule is COCCNC(=O)C1CCCN1C(=O)c1ccc(Br)cc1. The van der Waals surface area contributed by atoms with Gasteiger partial charge in [-0.15, -0.1) is 0 Å². The predicted molar refractivity (Wildman–Crippen MR) is 83.1 cm³/mol. The van der Waals surface area contributed by atoms with Crippen molar-refractivity contribution in [2.45, 2.75) is 18.9 Å². The molecule has 1 aliphatic rings. The van der Waals surface area contributed by atoms with Crippen LogP contribution in [0.2, 0.25) is 0 Å². The number of carbonyl (C=O) groups excluding carboxylic acids is 2. The maximum Gasteiger partial charge on any atom is 0.254 e. The van der Waals surface area contributed by atoms with Gasteiger partial charge >= 0.3 is 0 Å². The average molecular weight is 355 g/mol. The fourth-order valence-electron chi connectivity index (χ4n) is 2.43. The Bertz CT molecular complexity index is 504. The third-order valence-corrected chi connectivity index (χ3v) is 4.04. The summed E-state index contributed by atoms with van der Waals surface area (Å²) in [4.78, 5) is 26.3. The molecule has 0 aliphatic carbocycles. The molecule has 114 valence electrons. The van der Waals surface area contributed by atoms with Crippen LogP contribution in [0.4, 0.5) is 0 Å². The zero-order valence-electron chi connectivity index (χ0n) is 12.0. The first-order valence-electron chi connectivity index (χ1n) is 6.96. The largest absolute Gasteiger partial charge is 0.383 e. The van der Waals surface area contributed by atoms with Gasteiger partial charge in [-0.1, -0.05) is 15.9 Å². The van der Waals surface area contributed by atoms with E-state index in [2.05, 4.69) is 21.2 Å². The van der Waals surface area contributed by atoms with Gasteiger partial charge in [0.25, 0.3) is 5.91 Å². The van der Waals surface area contributed by atoms with Gasteiger partial charge in [-0.2, -0.15) is 0 Å². The van der Waals surface area contributed by atoms with Crippen molar-refractivity contribution in [3.05, 3.63) is 34.3 Å². The van der Waals surface area contributed by atoms with Gasteiger partial charge in [0.2, 0.25) is 5.91 Å². The van der Waals surface area contributed by atoms with Crippen LogP contribution in [0.3, 0.4) is 0 Å². The number of benzene rings is 1. The van der Waals surface area contributed by atoms with Crippen LogP contribution in [0.15, 0.2) is 28.7 Å². The Morgan fingerprint density at radius 3 is 2.76 bits per heavy atom. The Labute approximate surface area is 132 Å². The molecule has 1 N–H and O–H groups in total. The number of hydrogen-bond acceptors (Lipinski definition) is 3. The third-order valence-electron chi connectivity index (χ3n) is 3.51. The number of nitrogens with zero attached hydrogens (tertiary/aromatic N) is 1. The molecule has 1 unspecified atom stereocenters. The quantitative estimate of drug-likeness (QED) is 0.820. The molecule has 6 heteroatoms. The van der Waals surface area contributed by atoms with Crippen molar-refractivity contribution in [1.82, 2.24) is 10.2 Å². The lowest BCUT2D eigenvalue weighted by Crippen LogP contribution is -2.46. The molecule has 1 saturated heterocycles. The van der Waals surface area contributed by atoms with Crippen LogP contribution in [0.5, 0.6) is 0 Å². The summed E-state index contributed by atoms with van der Waals surface area (Å²) in [6.45, 7) is 1.56. The van der Waals surface area contributed by atoms with Crippen LogP contribution in [0, 0.1) is 0 Å². The second-order valence-corrected chi connectivity index (χ2v) is 5.86. The van der Waals surface area contributed by atoms with Crippen molar-refractivity contribution >= 4 is 27.7 Å². The number of carbonyl (C=O) groups is 2. The molecule has 2 amide bonds. The van der Waals surface area contributed by atoms with Gasteiger partial charge < -0.3 is 15.0 Å². The van der Waals surface area contributed by atoms with Gasteiger partial charge in [0.05, 0.1) is 6.61 Å². The summed E-state index contributed by atoms with van der Waals surface area (Å²) in [6, 6.07) is 6.82. The monoisotopic (exact) mass is 354 g/mol. The minimum atomic E-state index is -0.377. The topological polar surface area (TPSA) is 58.6 Å². The Hall–Kier alpha value is -1.40. The molecule has 21 heavy (non-hydrogen) atoms. The highest BCUT2D eigenvalue weighted by molar-refractivity contribution is 9.10. The number of hydrogen-bond donors (Lipinski definition) is 1. The minimum Gasteiger partial charge on any atom is -0.383 e. The van der Waals surface area contributed by atoms with Crippen molar-refractivity contribution in [2.75, 3.05) is 26.8 Å². The molecule has 1 aromatic carbocycles. The van der Waals surface area contributed by atoms with Gasteiger partial charge in [0, 0.05) is 30.2 Å². The van der Waals surface area contributed by atoms with Gasteiger partial charge in [-0.25, -0.2) is 0 Å². The number of halogens is 1. The van der Waals surface area contributed by atoms with Crippen molar-refractivity contribution in [2.24, 2.45) is 0 Å². The molecule has 1 fully saturated rings. The van der Waals surface area contributed by atoms with Gasteiger partial charge in [-0.05, 0) is 37.1 Å². The molecule has 2 rings (SSSR count). The Kier molecular flexibility index (Phi) is 5.76. The summed E-state index contributed by atoms with van der Waals surface area (Å²) in [5.41, 5.74) is 0.606. The van der Waals surface area contributed by atoms with Crippen LogP contribution >= 0.6 is 15.9 Å². The molecule has 0 radical (unpaired) electrons. The highest BCUT2D eigenvalue weighted by Crippen LogP contribution is 2.21. The molecule has 1 aromatic rings. The van der Waals surface area contributed by atoms with Crippen LogP contribution in [-0.4, -0.2) is 49.6 Å². The Morgan fingerprint density at radius 2 is 2.10 bits per heavy atom. The van der Waals surface area contributed by atoms with Crippen molar-refractivity contribution in [3.8, 4) is 0 Å². The second-order valence-electron chi connectivity index (χ2n) is 4.95. The van der Waals surface area contributed by atoms with Crippen molar-refractivity contribution in [3.63, 3.8) is 0 Å². The van der Waals surface area contributed by atoms with E-state index in [1.807, 2.05) is 12.1 Å². The normalized spacial score (nSPS) is 17.8. The van der Waals surface area contributed by atoms with Crippen molar-refractivity contribution in [1.29, 1.82) is 0 Å². The summed E-state index contributed by atoms with van der Waals surface area (Å²) < 4.78 is 5.84. The summed E-state index contributed by atoms with van der Waals surface area (Å²) in [5, 5.41) is 2.81. The Morgan fingerprint density at radius 1 is 1.38 bits per heavy atom. The lowest BCUT2D eigenvalue weighted by atomic mass is 10.1. The van der Waals surface area contributed by atoms with E-state index in [-0.39, 0.29) is 17.9 Å². The maximum atomic E-state index is 12.5. The smallest absolute Gasteiger partial charge is 0.254 e. The second kappa shape index (κ2) is 7.56. The number of methoxy groups -OCH3 is 1. The standard InChI is InChI=1S/C15H19BrN2O3/c1-21-10-8-17-14(19)13-3-2-9-18(13)15(20)11-4-6-12(16)7-5-11/h4-7,13H,2-3,8-10H2,1H3,(H,17,19). The van der Waals surface area contributed by atoms with E-state index < -0.39 is 0 Å². The number of rotatable bonds is 5. The third kappa shape index (κ3) is 4.04. The lowest BCUT2D eigenvalue weighted by Gasteiger charge is -2.24. The zero-order chi connectivity index (χ0) is 15.2. The summed E-state index contributed by atoms with van der Waals surface area (Å²) in [5.74, 6) is -0.193. The fraction of sp³-hybridized carbons (Fsp3) is 0.467. The number of nitrogens with one attached hydrogen (secondary N) is 1. The van der Waals surface area contributed by atoms with Crippen LogP contribution in [-0.2, 0) is 9.53 Å². The first-order chi connectivity index (χ1) is 10.1. The van der Waals surface area contributed by atoms with Crippen molar-refractivity contribution < 1.29 is 14.3 Å². The molecule has 5 nitrogen and oxygen atoms in total. The predicted octanol–water partition coefficient (Wildman–Crippen LogP) is 1.82. The van der Waals surface area contributed by atoms with E-state index in [4.69, 9.17) is 4.74 Å². The summed E-state index contributed by atoms with van der Waals surface area (Å²) in [7, 11) is 1.59. The van der Waals surface area contributed by atoms with Gasteiger partial charge in [0.15, 0.2) is 0 Å². The molecule has 0 bridgehead atoms. The molecule has 1 heterocycles. The Balaban J connectivity index is 2.02. The lowest BCUT2D eigenvalue weighted by molar-refractivity contribution is -0.125. The van der Waals surface area contributed by atoms with Gasteiger partial charge in [-0.3, -0.25) is 9.59 Å². The molecular weight excluding hydrogens is 336 g/mol. The maximum absolute atomic E-state index is 12.5. The number of likely N-dealkylation sites (tertiary alicyclic amines) is 1. The zero-order valence-corrected chi connectivity index (χ0v) is 13.6. The fourth-order valence-corrected chi connectivity index (χ4v) is 2.70. The minimum absolute atomic E-state index is 0.0908. The van der Waals surface area contributed by atoms with Crippen LogP contribution in [0.1, 0.15) is 23.2 Å².